The first kappa shape index (κ1) is 16.0. The molecule has 0 heterocycles. The van der Waals surface area contributed by atoms with Crippen LogP contribution in [-0.2, 0) is 11.9 Å². The standard InChI is InChI=1S/C15H12Br3FO/c1-9-4-13(18)5-11(7-16)15(9)20-8-10-2-3-12(17)6-14(10)19/h2-6H,7-8H2,1H3. The first-order chi connectivity index (χ1) is 9.51. The molecule has 0 fully saturated rings. The van der Waals surface area contributed by atoms with Crippen LogP contribution in [0.15, 0.2) is 39.3 Å². The van der Waals surface area contributed by atoms with Crippen LogP contribution in [-0.4, -0.2) is 0 Å². The predicted octanol–water partition coefficient (Wildman–Crippen LogP) is 6.13. The molecular formula is C15H12Br3FO. The van der Waals surface area contributed by atoms with Gasteiger partial charge in [0.2, 0.25) is 0 Å². The van der Waals surface area contributed by atoms with Crippen LogP contribution in [0.25, 0.3) is 0 Å². The largest absolute Gasteiger partial charge is 0.488 e. The van der Waals surface area contributed by atoms with E-state index in [1.807, 2.05) is 25.1 Å². The van der Waals surface area contributed by atoms with Crippen LogP contribution in [0.1, 0.15) is 16.7 Å². The second-order valence-electron chi connectivity index (χ2n) is 4.37. The number of ether oxygens (including phenoxy) is 1. The molecule has 0 unspecified atom stereocenters. The summed E-state index contributed by atoms with van der Waals surface area (Å²) in [4.78, 5) is 0. The van der Waals surface area contributed by atoms with E-state index in [2.05, 4.69) is 47.8 Å². The minimum atomic E-state index is -0.269. The molecule has 0 N–H and O–H groups in total. The fourth-order valence-corrected chi connectivity index (χ4v) is 3.26. The van der Waals surface area contributed by atoms with Gasteiger partial charge in [0.15, 0.2) is 0 Å². The molecule has 0 spiro atoms. The van der Waals surface area contributed by atoms with Crippen LogP contribution < -0.4 is 4.74 Å². The fourth-order valence-electron chi connectivity index (χ4n) is 1.89. The Kier molecular flexibility index (Phi) is 5.64. The third-order valence-electron chi connectivity index (χ3n) is 2.85. The highest BCUT2D eigenvalue weighted by molar-refractivity contribution is 9.10. The summed E-state index contributed by atoms with van der Waals surface area (Å²) in [6.07, 6.45) is 0. The lowest BCUT2D eigenvalue weighted by Gasteiger charge is -2.14. The van der Waals surface area contributed by atoms with Crippen molar-refractivity contribution in [2.24, 2.45) is 0 Å². The van der Waals surface area contributed by atoms with Crippen molar-refractivity contribution in [1.82, 2.24) is 0 Å². The lowest BCUT2D eigenvalue weighted by Crippen LogP contribution is -2.02. The van der Waals surface area contributed by atoms with Crippen LogP contribution in [0, 0.1) is 12.7 Å². The van der Waals surface area contributed by atoms with Crippen molar-refractivity contribution in [3.05, 3.63) is 61.8 Å². The molecule has 0 saturated heterocycles. The summed E-state index contributed by atoms with van der Waals surface area (Å²) in [6, 6.07) is 8.95. The summed E-state index contributed by atoms with van der Waals surface area (Å²) < 4.78 is 21.3. The molecule has 2 aromatic carbocycles. The smallest absolute Gasteiger partial charge is 0.130 e. The molecule has 0 atom stereocenters. The molecule has 20 heavy (non-hydrogen) atoms. The Morgan fingerprint density at radius 2 is 1.80 bits per heavy atom. The minimum Gasteiger partial charge on any atom is -0.488 e. The highest BCUT2D eigenvalue weighted by Gasteiger charge is 2.10. The van der Waals surface area contributed by atoms with Crippen LogP contribution in [0.2, 0.25) is 0 Å². The summed E-state index contributed by atoms with van der Waals surface area (Å²) in [5.41, 5.74) is 2.59. The number of aryl methyl sites for hydroxylation is 1. The summed E-state index contributed by atoms with van der Waals surface area (Å²) in [5, 5.41) is 0.686. The first-order valence-electron chi connectivity index (χ1n) is 5.93. The van der Waals surface area contributed by atoms with E-state index in [-0.39, 0.29) is 12.4 Å². The number of rotatable bonds is 4. The zero-order valence-electron chi connectivity index (χ0n) is 10.7. The zero-order valence-corrected chi connectivity index (χ0v) is 15.5. The Morgan fingerprint density at radius 3 is 2.45 bits per heavy atom. The molecule has 0 aliphatic heterocycles. The van der Waals surface area contributed by atoms with Crippen molar-refractivity contribution < 1.29 is 9.13 Å². The van der Waals surface area contributed by atoms with Gasteiger partial charge >= 0.3 is 0 Å². The second kappa shape index (κ2) is 7.05. The third kappa shape index (κ3) is 3.83. The quantitative estimate of drug-likeness (QED) is 0.492. The average molecular weight is 467 g/mol. The summed E-state index contributed by atoms with van der Waals surface area (Å²) in [6.45, 7) is 2.19. The zero-order chi connectivity index (χ0) is 14.7. The van der Waals surface area contributed by atoms with Crippen LogP contribution in [0.4, 0.5) is 4.39 Å². The van der Waals surface area contributed by atoms with Gasteiger partial charge in [-0.1, -0.05) is 53.9 Å². The van der Waals surface area contributed by atoms with Gasteiger partial charge in [-0.05, 0) is 36.8 Å². The van der Waals surface area contributed by atoms with E-state index in [0.29, 0.717) is 10.9 Å². The number of alkyl halides is 1. The summed E-state index contributed by atoms with van der Waals surface area (Å²) >= 11 is 10.2. The molecule has 2 aromatic rings. The second-order valence-corrected chi connectivity index (χ2v) is 6.76. The van der Waals surface area contributed by atoms with Crippen molar-refractivity contribution in [1.29, 1.82) is 0 Å². The van der Waals surface area contributed by atoms with E-state index in [0.717, 1.165) is 25.8 Å². The van der Waals surface area contributed by atoms with Crippen molar-refractivity contribution >= 4 is 47.8 Å². The molecule has 0 saturated carbocycles. The Balaban J connectivity index is 2.22. The lowest BCUT2D eigenvalue weighted by atomic mass is 10.1. The molecule has 0 radical (unpaired) electrons. The van der Waals surface area contributed by atoms with E-state index in [4.69, 9.17) is 4.74 Å². The number of benzene rings is 2. The van der Waals surface area contributed by atoms with Crippen molar-refractivity contribution in [3.8, 4) is 5.75 Å². The van der Waals surface area contributed by atoms with Gasteiger partial charge in [0.25, 0.3) is 0 Å². The Bertz CT molecular complexity index is 629. The maximum absolute atomic E-state index is 13.8. The topological polar surface area (TPSA) is 9.23 Å². The molecular weight excluding hydrogens is 455 g/mol. The van der Waals surface area contributed by atoms with Crippen molar-refractivity contribution in [3.63, 3.8) is 0 Å². The molecule has 2 rings (SSSR count). The highest BCUT2D eigenvalue weighted by Crippen LogP contribution is 2.30. The maximum Gasteiger partial charge on any atom is 0.130 e. The van der Waals surface area contributed by atoms with Crippen molar-refractivity contribution in [2.75, 3.05) is 0 Å². The van der Waals surface area contributed by atoms with Gasteiger partial charge in [-0.15, -0.1) is 0 Å². The van der Waals surface area contributed by atoms with E-state index < -0.39 is 0 Å². The summed E-state index contributed by atoms with van der Waals surface area (Å²) in [7, 11) is 0. The Hall–Kier alpha value is -0.390. The van der Waals surface area contributed by atoms with E-state index >= 15 is 0 Å². The van der Waals surface area contributed by atoms with Crippen LogP contribution in [0.5, 0.6) is 5.75 Å². The molecule has 5 heteroatoms. The van der Waals surface area contributed by atoms with Gasteiger partial charge in [0.05, 0.1) is 0 Å². The average Bonchev–Trinajstić information content (AvgIpc) is 2.38. The molecule has 0 aliphatic rings. The van der Waals surface area contributed by atoms with Gasteiger partial charge in [0, 0.05) is 25.4 Å². The third-order valence-corrected chi connectivity index (χ3v) is 4.40. The maximum atomic E-state index is 13.8. The molecule has 0 aliphatic carbocycles. The number of hydrogen-bond donors (Lipinski definition) is 0. The SMILES string of the molecule is Cc1cc(Br)cc(CBr)c1OCc1ccc(Br)cc1F. The van der Waals surface area contributed by atoms with Gasteiger partial charge in [0.1, 0.15) is 18.2 Å². The molecule has 0 bridgehead atoms. The molecule has 1 nitrogen and oxygen atoms in total. The molecule has 0 aromatic heterocycles. The predicted molar refractivity (Wildman–Crippen MR) is 89.9 cm³/mol. The van der Waals surface area contributed by atoms with Crippen molar-refractivity contribution in [2.45, 2.75) is 18.9 Å². The highest BCUT2D eigenvalue weighted by atomic mass is 79.9. The lowest BCUT2D eigenvalue weighted by molar-refractivity contribution is 0.295. The number of halogens is 4. The van der Waals surface area contributed by atoms with E-state index in [1.54, 1.807) is 6.07 Å². The van der Waals surface area contributed by atoms with Gasteiger partial charge in [-0.3, -0.25) is 0 Å². The Labute approximate surface area is 142 Å². The van der Waals surface area contributed by atoms with E-state index in [1.165, 1.54) is 6.07 Å². The minimum absolute atomic E-state index is 0.210. The fraction of sp³-hybridized carbons (Fsp3) is 0.200. The number of hydrogen-bond acceptors (Lipinski definition) is 1. The first-order valence-corrected chi connectivity index (χ1v) is 8.63. The summed E-state index contributed by atoms with van der Waals surface area (Å²) in [5.74, 6) is 0.530. The normalized spacial score (nSPS) is 10.7. The molecule has 106 valence electrons. The monoisotopic (exact) mass is 464 g/mol. The Morgan fingerprint density at radius 1 is 1.05 bits per heavy atom. The van der Waals surface area contributed by atoms with Crippen LogP contribution >= 0.6 is 47.8 Å². The van der Waals surface area contributed by atoms with E-state index in [9.17, 15) is 4.39 Å². The van der Waals surface area contributed by atoms with Gasteiger partial charge in [-0.25, -0.2) is 4.39 Å². The van der Waals surface area contributed by atoms with Crippen LogP contribution in [0.3, 0.4) is 0 Å². The molecule has 0 amide bonds. The van der Waals surface area contributed by atoms with Gasteiger partial charge in [-0.2, -0.15) is 0 Å². The van der Waals surface area contributed by atoms with Gasteiger partial charge < -0.3 is 4.74 Å².